The average Bonchev–Trinajstić information content (AvgIpc) is 2.86. The summed E-state index contributed by atoms with van der Waals surface area (Å²) in [5.41, 5.74) is 1.55. The molecule has 190 valence electrons. The van der Waals surface area contributed by atoms with Crippen LogP contribution in [0.25, 0.3) is 11.1 Å². The molecule has 0 amide bonds. The first kappa shape index (κ1) is 28.6. The third kappa shape index (κ3) is 6.72. The van der Waals surface area contributed by atoms with Gasteiger partial charge in [-0.2, -0.15) is 0 Å². The van der Waals surface area contributed by atoms with Crippen molar-refractivity contribution in [3.8, 4) is 34.1 Å². The van der Waals surface area contributed by atoms with Crippen molar-refractivity contribution in [2.45, 2.75) is 27.7 Å². The first-order valence-corrected chi connectivity index (χ1v) is 13.5. The molecule has 0 radical (unpaired) electrons. The molecule has 0 heterocycles. The molecule has 2 aromatic rings. The molecule has 0 spiro atoms. The van der Waals surface area contributed by atoms with Crippen LogP contribution >= 0.6 is 16.8 Å². The quantitative estimate of drug-likeness (QED) is 0.292. The van der Waals surface area contributed by atoms with E-state index in [-0.39, 0.29) is 0 Å². The topological polar surface area (TPSA) is 73.8 Å². The Morgan fingerprint density at radius 3 is 1.06 bits per heavy atom. The minimum Gasteiger partial charge on any atom is -0.497 e. The maximum Gasteiger partial charge on any atom is 0.206 e. The van der Waals surface area contributed by atoms with Gasteiger partial charge in [0.25, 0.3) is 0 Å². The van der Waals surface area contributed by atoms with Gasteiger partial charge >= 0.3 is 0 Å². The number of rotatable bonds is 15. The van der Waals surface area contributed by atoms with Gasteiger partial charge in [0.1, 0.15) is 23.0 Å². The predicted molar refractivity (Wildman–Crippen MR) is 138 cm³/mol. The van der Waals surface area contributed by atoms with Crippen LogP contribution in [0.1, 0.15) is 27.7 Å². The van der Waals surface area contributed by atoms with Gasteiger partial charge in [-0.3, -0.25) is 0 Å². The molecule has 10 heteroatoms. The summed E-state index contributed by atoms with van der Waals surface area (Å²) in [7, 11) is 3.59. The monoisotopic (exact) mass is 514 g/mol. The minimum absolute atomic E-state index is 0.488. The predicted octanol–water partition coefficient (Wildman–Crippen LogP) is 5.41. The Morgan fingerprint density at radius 1 is 0.500 bits per heavy atom. The molecule has 8 nitrogen and oxygen atoms in total. The third-order valence-corrected chi connectivity index (χ3v) is 8.11. The second-order valence-corrected chi connectivity index (χ2v) is 9.66. The summed E-state index contributed by atoms with van der Waals surface area (Å²) in [6.07, 6.45) is 0. The molecular weight excluding hydrogens is 478 g/mol. The fraction of sp³-hybridized carbons (Fsp3) is 0.500. The van der Waals surface area contributed by atoms with Crippen LogP contribution in [0.2, 0.25) is 0 Å². The fourth-order valence-corrected chi connectivity index (χ4v) is 6.24. The van der Waals surface area contributed by atoms with E-state index in [0.29, 0.717) is 49.4 Å². The zero-order chi connectivity index (χ0) is 25.1. The van der Waals surface area contributed by atoms with Crippen molar-refractivity contribution in [2.24, 2.45) is 0 Å². The lowest BCUT2D eigenvalue weighted by atomic mass is 10.0. The van der Waals surface area contributed by atoms with Crippen molar-refractivity contribution in [1.29, 1.82) is 0 Å². The van der Waals surface area contributed by atoms with E-state index in [1.807, 2.05) is 52.0 Å². The van der Waals surface area contributed by atoms with E-state index < -0.39 is 16.8 Å². The number of methoxy groups -OCH3 is 4. The molecule has 2 rings (SSSR count). The fourth-order valence-electron chi connectivity index (χ4n) is 3.32. The van der Waals surface area contributed by atoms with E-state index in [2.05, 4.69) is 0 Å². The van der Waals surface area contributed by atoms with E-state index in [0.717, 1.165) is 21.7 Å². The number of hydrogen-bond donors (Lipinski definition) is 0. The van der Waals surface area contributed by atoms with Crippen LogP contribution < -0.4 is 29.6 Å². The highest BCUT2D eigenvalue weighted by Crippen LogP contribution is 2.51. The standard InChI is InChI=1S/C24H36O8P2/c1-9-29-33(30-10-2)21-15-17(25-5)13-19(27-7)23(21)24-20(28-8)14-18(26-6)16-22(24)34(31-11-3)32-12-4/h13-16H,9-12H2,1-8H3. The maximum atomic E-state index is 6.05. The average molecular weight is 514 g/mol. The van der Waals surface area contributed by atoms with Crippen molar-refractivity contribution in [3.05, 3.63) is 24.3 Å². The molecule has 0 aliphatic rings. The normalized spacial score (nSPS) is 11.2. The molecule has 0 aromatic heterocycles. The molecule has 0 unspecified atom stereocenters. The lowest BCUT2D eigenvalue weighted by Gasteiger charge is -2.26. The molecule has 0 saturated carbocycles. The first-order chi connectivity index (χ1) is 16.5. The highest BCUT2D eigenvalue weighted by atomic mass is 31.2. The van der Waals surface area contributed by atoms with E-state index >= 15 is 0 Å². The van der Waals surface area contributed by atoms with Crippen LogP contribution in [-0.4, -0.2) is 54.9 Å². The zero-order valence-electron chi connectivity index (χ0n) is 21.3. The van der Waals surface area contributed by atoms with Crippen LogP contribution in [0.5, 0.6) is 23.0 Å². The third-order valence-electron chi connectivity index (χ3n) is 4.65. The Balaban J connectivity index is 3.00. The smallest absolute Gasteiger partial charge is 0.206 e. The van der Waals surface area contributed by atoms with Crippen LogP contribution in [0, 0.1) is 0 Å². The summed E-state index contributed by atoms with van der Waals surface area (Å²) in [5.74, 6) is 2.45. The lowest BCUT2D eigenvalue weighted by Crippen LogP contribution is -2.18. The van der Waals surface area contributed by atoms with Crippen LogP contribution in [0.3, 0.4) is 0 Å². The number of ether oxygens (including phenoxy) is 4. The summed E-state index contributed by atoms with van der Waals surface area (Å²) in [6.45, 7) is 9.71. The van der Waals surface area contributed by atoms with Crippen molar-refractivity contribution >= 4 is 27.4 Å². The highest BCUT2D eigenvalue weighted by Gasteiger charge is 2.31. The van der Waals surface area contributed by atoms with Gasteiger partial charge in [0.05, 0.1) is 54.9 Å². The van der Waals surface area contributed by atoms with Gasteiger partial charge in [0, 0.05) is 33.9 Å². The summed E-state index contributed by atoms with van der Waals surface area (Å²) >= 11 is 0. The van der Waals surface area contributed by atoms with Gasteiger partial charge in [-0.25, -0.2) is 0 Å². The number of benzene rings is 2. The molecule has 0 N–H and O–H groups in total. The van der Waals surface area contributed by atoms with Gasteiger partial charge in [-0.1, -0.05) is 0 Å². The highest BCUT2D eigenvalue weighted by molar-refractivity contribution is 7.57. The van der Waals surface area contributed by atoms with Gasteiger partial charge in [-0.05, 0) is 39.8 Å². The van der Waals surface area contributed by atoms with Crippen molar-refractivity contribution in [3.63, 3.8) is 0 Å². The molecule has 0 atom stereocenters. The van der Waals surface area contributed by atoms with E-state index in [1.54, 1.807) is 28.4 Å². The van der Waals surface area contributed by atoms with Crippen molar-refractivity contribution in [2.75, 3.05) is 54.9 Å². The summed E-state index contributed by atoms with van der Waals surface area (Å²) < 4.78 is 47.1. The SMILES string of the molecule is CCOP(OCC)c1cc(OC)cc(OC)c1-c1c(OC)cc(OC)cc1P(OCC)OCC. The zero-order valence-corrected chi connectivity index (χ0v) is 23.1. The molecule has 0 aliphatic heterocycles. The Bertz CT molecular complexity index is 824. The van der Waals surface area contributed by atoms with Crippen LogP contribution in [0.15, 0.2) is 24.3 Å². The van der Waals surface area contributed by atoms with Crippen molar-refractivity contribution in [1.82, 2.24) is 0 Å². The summed E-state index contributed by atoms with van der Waals surface area (Å²) in [5, 5.41) is 1.62. The second kappa shape index (κ2) is 14.7. The molecule has 0 aliphatic carbocycles. The molecular formula is C24H36O8P2. The summed E-state index contributed by atoms with van der Waals surface area (Å²) in [6, 6.07) is 7.51. The Morgan fingerprint density at radius 2 is 0.824 bits per heavy atom. The largest absolute Gasteiger partial charge is 0.497 e. The van der Waals surface area contributed by atoms with E-state index in [9.17, 15) is 0 Å². The molecule has 34 heavy (non-hydrogen) atoms. The van der Waals surface area contributed by atoms with Crippen molar-refractivity contribution < 1.29 is 37.0 Å². The molecule has 0 saturated heterocycles. The molecule has 0 bridgehead atoms. The molecule has 2 aromatic carbocycles. The van der Waals surface area contributed by atoms with Crippen LogP contribution in [-0.2, 0) is 18.1 Å². The minimum atomic E-state index is -1.44. The first-order valence-electron chi connectivity index (χ1n) is 11.2. The maximum absolute atomic E-state index is 6.05. The summed E-state index contributed by atoms with van der Waals surface area (Å²) in [4.78, 5) is 0. The van der Waals surface area contributed by atoms with Gasteiger partial charge < -0.3 is 37.0 Å². The van der Waals surface area contributed by atoms with E-state index in [1.165, 1.54) is 0 Å². The number of hydrogen-bond acceptors (Lipinski definition) is 8. The lowest BCUT2D eigenvalue weighted by molar-refractivity contribution is 0.276. The van der Waals surface area contributed by atoms with Crippen LogP contribution in [0.4, 0.5) is 0 Å². The second-order valence-electron chi connectivity index (χ2n) is 6.63. The van der Waals surface area contributed by atoms with Gasteiger partial charge in [-0.15, -0.1) is 0 Å². The molecule has 0 fully saturated rings. The Kier molecular flexibility index (Phi) is 12.3. The van der Waals surface area contributed by atoms with E-state index in [4.69, 9.17) is 37.0 Å². The Labute approximate surface area is 205 Å². The Hall–Kier alpha value is -1.66. The van der Waals surface area contributed by atoms with Gasteiger partial charge in [0.15, 0.2) is 0 Å². The van der Waals surface area contributed by atoms with Gasteiger partial charge in [0.2, 0.25) is 16.8 Å².